The molecule has 0 N–H and O–H groups in total. The molecule has 0 unspecified atom stereocenters. The topological polar surface area (TPSA) is 59.5 Å². The third-order valence-corrected chi connectivity index (χ3v) is 8.83. The second-order valence-electron chi connectivity index (χ2n) is 7.30. The lowest BCUT2D eigenvalue weighted by Gasteiger charge is -2.31. The van der Waals surface area contributed by atoms with Crippen LogP contribution in [0.1, 0.15) is 24.1 Å². The highest BCUT2D eigenvalue weighted by atomic mass is 35.5. The van der Waals surface area contributed by atoms with Crippen LogP contribution < -0.4 is 9.64 Å². The molecule has 1 aliphatic heterocycles. The zero-order valence-electron chi connectivity index (χ0n) is 16.6. The number of piperidine rings is 1. The minimum absolute atomic E-state index is 0.307. The Balaban J connectivity index is 1.41. The average Bonchev–Trinajstić information content (AvgIpc) is 3.23. The summed E-state index contributed by atoms with van der Waals surface area (Å²) in [6.45, 7) is 1.35. The molecular weight excluding hydrogens is 440 g/mol. The maximum atomic E-state index is 12.9. The molecule has 1 fully saturated rings. The first-order valence-corrected chi connectivity index (χ1v) is 12.6. The lowest BCUT2D eigenvalue weighted by molar-refractivity contribution is 0.410. The molecule has 1 aromatic heterocycles. The fraction of sp³-hybridized carbons (Fsp3) is 0.318. The van der Waals surface area contributed by atoms with Crippen molar-refractivity contribution in [1.82, 2.24) is 4.98 Å². The monoisotopic (exact) mass is 462 g/mol. The van der Waals surface area contributed by atoms with Crippen molar-refractivity contribution in [2.75, 3.05) is 25.1 Å². The molecule has 2 aromatic carbocycles. The number of halogens is 1. The van der Waals surface area contributed by atoms with Crippen LogP contribution in [0.4, 0.5) is 5.13 Å². The Hall–Kier alpha value is -2.09. The normalized spacial score (nSPS) is 15.3. The van der Waals surface area contributed by atoms with Crippen LogP contribution in [0.5, 0.6) is 5.75 Å². The number of hydrogen-bond donors (Lipinski definition) is 0. The third-order valence-electron chi connectivity index (χ3n) is 5.38. The molecule has 2 heterocycles. The number of thiazole rings is 1. The van der Waals surface area contributed by atoms with E-state index in [1.54, 1.807) is 36.6 Å². The van der Waals surface area contributed by atoms with Crippen LogP contribution in [0, 0.1) is 0 Å². The highest BCUT2D eigenvalue weighted by Gasteiger charge is 2.32. The van der Waals surface area contributed by atoms with E-state index >= 15 is 0 Å². The summed E-state index contributed by atoms with van der Waals surface area (Å²) in [4.78, 5) is 7.27. The molecule has 3 aromatic rings. The van der Waals surface area contributed by atoms with E-state index in [0.29, 0.717) is 42.3 Å². The minimum Gasteiger partial charge on any atom is -0.496 e. The van der Waals surface area contributed by atoms with Gasteiger partial charge in [-0.05, 0) is 37.1 Å². The molecule has 5 nitrogen and oxygen atoms in total. The van der Waals surface area contributed by atoms with Gasteiger partial charge in [0.2, 0.25) is 0 Å². The van der Waals surface area contributed by atoms with Crippen molar-refractivity contribution in [1.29, 1.82) is 0 Å². The molecular formula is C22H23ClN2O3S2. The molecule has 158 valence electrons. The number of rotatable bonds is 6. The van der Waals surface area contributed by atoms with Crippen LogP contribution in [0.3, 0.4) is 0 Å². The second kappa shape index (κ2) is 8.96. The molecule has 1 saturated heterocycles. The highest BCUT2D eigenvalue weighted by Crippen LogP contribution is 2.31. The van der Waals surface area contributed by atoms with Crippen LogP contribution in [0.2, 0.25) is 5.02 Å². The van der Waals surface area contributed by atoms with Crippen molar-refractivity contribution in [3.05, 3.63) is 70.2 Å². The SMILES string of the molecule is COc1ccccc1Cc1csc(N2CCC(S(=O)(=O)c3cccc(Cl)c3)CC2)n1. The lowest BCUT2D eigenvalue weighted by atomic mass is 10.1. The maximum Gasteiger partial charge on any atom is 0.185 e. The van der Waals surface area contributed by atoms with Crippen LogP contribution in [0.15, 0.2) is 58.8 Å². The van der Waals surface area contributed by atoms with E-state index < -0.39 is 9.84 Å². The van der Waals surface area contributed by atoms with Crippen LogP contribution in [0.25, 0.3) is 0 Å². The fourth-order valence-corrected chi connectivity index (χ4v) is 6.67. The first-order chi connectivity index (χ1) is 14.5. The Morgan fingerprint density at radius 2 is 1.93 bits per heavy atom. The number of hydrogen-bond acceptors (Lipinski definition) is 6. The summed E-state index contributed by atoms with van der Waals surface area (Å²) in [6.07, 6.45) is 1.87. The quantitative estimate of drug-likeness (QED) is 0.524. The van der Waals surface area contributed by atoms with Gasteiger partial charge in [-0.15, -0.1) is 11.3 Å². The van der Waals surface area contributed by atoms with Crippen molar-refractivity contribution in [3.63, 3.8) is 0 Å². The molecule has 30 heavy (non-hydrogen) atoms. The average molecular weight is 463 g/mol. The molecule has 0 spiro atoms. The third kappa shape index (κ3) is 4.48. The molecule has 0 atom stereocenters. The second-order valence-corrected chi connectivity index (χ2v) is 10.8. The van der Waals surface area contributed by atoms with E-state index in [4.69, 9.17) is 21.3 Å². The zero-order valence-corrected chi connectivity index (χ0v) is 19.0. The molecule has 4 rings (SSSR count). The molecule has 8 heteroatoms. The Morgan fingerprint density at radius 3 is 2.67 bits per heavy atom. The minimum atomic E-state index is -3.38. The molecule has 0 aliphatic carbocycles. The fourth-order valence-electron chi connectivity index (χ4n) is 3.76. The predicted octanol–water partition coefficient (Wildman–Crippen LogP) is 4.84. The zero-order chi connectivity index (χ0) is 21.1. The lowest BCUT2D eigenvalue weighted by Crippen LogP contribution is -2.39. The Bertz CT molecular complexity index is 1120. The molecule has 0 bridgehead atoms. The molecule has 0 saturated carbocycles. The number of nitrogens with zero attached hydrogens (tertiary/aromatic N) is 2. The van der Waals surface area contributed by atoms with Crippen molar-refractivity contribution < 1.29 is 13.2 Å². The van der Waals surface area contributed by atoms with Crippen molar-refractivity contribution in [2.45, 2.75) is 29.4 Å². The van der Waals surface area contributed by atoms with Gasteiger partial charge >= 0.3 is 0 Å². The Kier molecular flexibility index (Phi) is 6.32. The van der Waals surface area contributed by atoms with E-state index in [9.17, 15) is 8.42 Å². The number of para-hydroxylation sites is 1. The summed E-state index contributed by atoms with van der Waals surface area (Å²) in [6, 6.07) is 14.5. The van der Waals surface area contributed by atoms with E-state index in [1.807, 2.05) is 24.3 Å². The predicted molar refractivity (Wildman–Crippen MR) is 122 cm³/mol. The van der Waals surface area contributed by atoms with Crippen molar-refractivity contribution in [2.24, 2.45) is 0 Å². The summed E-state index contributed by atoms with van der Waals surface area (Å²) >= 11 is 7.59. The number of methoxy groups -OCH3 is 1. The van der Waals surface area contributed by atoms with Gasteiger partial charge in [0.1, 0.15) is 5.75 Å². The highest BCUT2D eigenvalue weighted by molar-refractivity contribution is 7.92. The first-order valence-electron chi connectivity index (χ1n) is 9.78. The van der Waals surface area contributed by atoms with E-state index in [0.717, 1.165) is 22.1 Å². The molecule has 0 radical (unpaired) electrons. The van der Waals surface area contributed by atoms with Crippen molar-refractivity contribution >= 4 is 37.9 Å². The smallest absolute Gasteiger partial charge is 0.185 e. The number of anilines is 1. The number of benzene rings is 2. The van der Waals surface area contributed by atoms with Crippen LogP contribution in [-0.2, 0) is 16.3 Å². The summed E-state index contributed by atoms with van der Waals surface area (Å²) in [5, 5.41) is 3.06. The van der Waals surface area contributed by atoms with Crippen molar-refractivity contribution in [3.8, 4) is 5.75 Å². The number of aromatic nitrogens is 1. The van der Waals surface area contributed by atoms with E-state index in [2.05, 4.69) is 10.3 Å². The van der Waals surface area contributed by atoms with Gasteiger partial charge in [-0.2, -0.15) is 0 Å². The summed E-state index contributed by atoms with van der Waals surface area (Å²) in [5.74, 6) is 0.860. The van der Waals surface area contributed by atoms with E-state index in [1.165, 1.54) is 6.07 Å². The van der Waals surface area contributed by atoms with Gasteiger partial charge in [0, 0.05) is 35.5 Å². The van der Waals surface area contributed by atoms with Gasteiger partial charge in [0.05, 0.1) is 22.9 Å². The first kappa shape index (κ1) is 21.2. The number of ether oxygens (including phenoxy) is 1. The summed E-state index contributed by atoms with van der Waals surface area (Å²) in [5.41, 5.74) is 2.09. The van der Waals surface area contributed by atoms with Gasteiger partial charge in [-0.3, -0.25) is 0 Å². The summed E-state index contributed by atoms with van der Waals surface area (Å²) < 4.78 is 31.3. The van der Waals surface area contributed by atoms with Gasteiger partial charge in [0.25, 0.3) is 0 Å². The van der Waals surface area contributed by atoms with E-state index in [-0.39, 0.29) is 5.25 Å². The Labute approximate surface area is 186 Å². The summed E-state index contributed by atoms with van der Waals surface area (Å²) in [7, 11) is -1.70. The standard InChI is InChI=1S/C22H23ClN2O3S2/c1-28-21-8-3-2-5-16(21)13-18-15-29-22(24-18)25-11-9-19(10-12-25)30(26,27)20-7-4-6-17(23)14-20/h2-8,14-15,19H,9-13H2,1H3. The molecule has 1 aliphatic rings. The molecule has 0 amide bonds. The van der Waals surface area contributed by atoms with Gasteiger partial charge < -0.3 is 9.64 Å². The van der Waals surface area contributed by atoms with Crippen LogP contribution >= 0.6 is 22.9 Å². The van der Waals surface area contributed by atoms with Gasteiger partial charge in [-0.1, -0.05) is 35.9 Å². The van der Waals surface area contributed by atoms with Gasteiger partial charge in [-0.25, -0.2) is 13.4 Å². The maximum absolute atomic E-state index is 12.9. The van der Waals surface area contributed by atoms with Gasteiger partial charge in [0.15, 0.2) is 15.0 Å². The van der Waals surface area contributed by atoms with Crippen LogP contribution in [-0.4, -0.2) is 38.9 Å². The Morgan fingerprint density at radius 1 is 1.17 bits per heavy atom. The number of sulfone groups is 1. The largest absolute Gasteiger partial charge is 0.496 e.